The van der Waals surface area contributed by atoms with Crippen LogP contribution in [0.3, 0.4) is 0 Å². The molecule has 1 unspecified atom stereocenters. The Morgan fingerprint density at radius 1 is 1.43 bits per heavy atom. The molecular formula is C12H14O2. The van der Waals surface area contributed by atoms with Crippen LogP contribution in [0.25, 0.3) is 5.57 Å². The maximum atomic E-state index is 10.6. The summed E-state index contributed by atoms with van der Waals surface area (Å²) < 4.78 is 0. The molecule has 0 heterocycles. The van der Waals surface area contributed by atoms with E-state index < -0.39 is 5.97 Å². The van der Waals surface area contributed by atoms with Gasteiger partial charge in [0.05, 0.1) is 5.92 Å². The lowest BCUT2D eigenvalue weighted by Gasteiger charge is -2.08. The molecule has 1 N–H and O–H groups in total. The maximum Gasteiger partial charge on any atom is 0.306 e. The molecule has 0 bridgehead atoms. The predicted octanol–water partition coefficient (Wildman–Crippen LogP) is 2.81. The van der Waals surface area contributed by atoms with Gasteiger partial charge in [0.2, 0.25) is 0 Å². The van der Waals surface area contributed by atoms with Gasteiger partial charge in [0, 0.05) is 0 Å². The van der Waals surface area contributed by atoms with Crippen molar-refractivity contribution in [3.05, 3.63) is 42.5 Å². The Kier molecular flexibility index (Phi) is 3.46. The first-order chi connectivity index (χ1) is 6.61. The molecule has 0 aromatic heterocycles. The second kappa shape index (κ2) is 4.61. The molecule has 14 heavy (non-hydrogen) atoms. The lowest BCUT2D eigenvalue weighted by molar-refractivity contribution is -0.140. The van der Waals surface area contributed by atoms with Crippen molar-refractivity contribution >= 4 is 11.5 Å². The zero-order chi connectivity index (χ0) is 10.6. The molecule has 1 rings (SSSR count). The summed E-state index contributed by atoms with van der Waals surface area (Å²) in [6, 6.07) is 9.66. The second-order valence-corrected chi connectivity index (χ2v) is 3.41. The van der Waals surface area contributed by atoms with Crippen LogP contribution in [0, 0.1) is 5.92 Å². The molecular weight excluding hydrogens is 176 g/mol. The first-order valence-electron chi connectivity index (χ1n) is 4.57. The van der Waals surface area contributed by atoms with Crippen LogP contribution in [0.2, 0.25) is 0 Å². The Hall–Kier alpha value is -1.57. The summed E-state index contributed by atoms with van der Waals surface area (Å²) in [5.74, 6) is -1.15. The van der Waals surface area contributed by atoms with Crippen LogP contribution in [0.1, 0.15) is 18.9 Å². The minimum atomic E-state index is -0.776. The molecule has 0 radical (unpaired) electrons. The van der Waals surface area contributed by atoms with E-state index in [0.29, 0.717) is 6.42 Å². The van der Waals surface area contributed by atoms with Crippen LogP contribution in [0.4, 0.5) is 0 Å². The molecule has 0 aliphatic rings. The normalized spacial score (nSPS) is 12.1. The monoisotopic (exact) mass is 190 g/mol. The van der Waals surface area contributed by atoms with Gasteiger partial charge in [-0.3, -0.25) is 4.79 Å². The molecule has 0 aliphatic heterocycles. The van der Waals surface area contributed by atoms with Gasteiger partial charge < -0.3 is 5.11 Å². The van der Waals surface area contributed by atoms with E-state index in [-0.39, 0.29) is 5.92 Å². The molecule has 0 saturated heterocycles. The third kappa shape index (κ3) is 2.73. The summed E-state index contributed by atoms with van der Waals surface area (Å²) in [6.45, 7) is 5.57. The number of aliphatic carboxylic acids is 1. The average molecular weight is 190 g/mol. The topological polar surface area (TPSA) is 37.3 Å². The van der Waals surface area contributed by atoms with Gasteiger partial charge in [-0.15, -0.1) is 0 Å². The van der Waals surface area contributed by atoms with E-state index in [0.717, 1.165) is 11.1 Å². The third-order valence-electron chi connectivity index (χ3n) is 2.16. The van der Waals surface area contributed by atoms with Crippen molar-refractivity contribution in [1.29, 1.82) is 0 Å². The van der Waals surface area contributed by atoms with E-state index in [9.17, 15) is 4.79 Å². The lowest BCUT2D eigenvalue weighted by Crippen LogP contribution is -2.09. The number of allylic oxidation sites excluding steroid dienone is 1. The van der Waals surface area contributed by atoms with Crippen LogP contribution in [0.15, 0.2) is 36.9 Å². The van der Waals surface area contributed by atoms with E-state index in [1.165, 1.54) is 0 Å². The fraction of sp³-hybridized carbons (Fsp3) is 0.250. The van der Waals surface area contributed by atoms with Crippen LogP contribution in [0.5, 0.6) is 0 Å². The lowest BCUT2D eigenvalue weighted by atomic mass is 9.97. The number of carbonyl (C=O) groups is 1. The summed E-state index contributed by atoms with van der Waals surface area (Å²) in [5, 5.41) is 8.74. The van der Waals surface area contributed by atoms with E-state index in [1.54, 1.807) is 6.92 Å². The van der Waals surface area contributed by atoms with Crippen LogP contribution >= 0.6 is 0 Å². The predicted molar refractivity (Wildman–Crippen MR) is 56.9 cm³/mol. The van der Waals surface area contributed by atoms with Crippen LogP contribution in [-0.4, -0.2) is 11.1 Å². The van der Waals surface area contributed by atoms with Gasteiger partial charge in [0.1, 0.15) is 0 Å². The number of carboxylic acids is 1. The zero-order valence-corrected chi connectivity index (χ0v) is 8.23. The molecule has 0 saturated carbocycles. The fourth-order valence-corrected chi connectivity index (χ4v) is 1.25. The highest BCUT2D eigenvalue weighted by molar-refractivity contribution is 5.74. The van der Waals surface area contributed by atoms with E-state index in [2.05, 4.69) is 6.58 Å². The largest absolute Gasteiger partial charge is 0.481 e. The molecule has 1 aromatic carbocycles. The van der Waals surface area contributed by atoms with Crippen molar-refractivity contribution < 1.29 is 9.90 Å². The van der Waals surface area contributed by atoms with Gasteiger partial charge in [0.15, 0.2) is 0 Å². The Bertz CT molecular complexity index is 327. The van der Waals surface area contributed by atoms with Crippen molar-refractivity contribution in [2.24, 2.45) is 5.92 Å². The Labute approximate surface area is 83.9 Å². The zero-order valence-electron chi connectivity index (χ0n) is 8.23. The Balaban J connectivity index is 2.64. The molecule has 1 atom stereocenters. The number of rotatable bonds is 4. The average Bonchev–Trinajstić information content (AvgIpc) is 2.19. The first-order valence-corrected chi connectivity index (χ1v) is 4.57. The molecule has 0 fully saturated rings. The highest BCUT2D eigenvalue weighted by Crippen LogP contribution is 2.20. The van der Waals surface area contributed by atoms with Crippen LogP contribution < -0.4 is 0 Å². The van der Waals surface area contributed by atoms with Crippen molar-refractivity contribution in [3.63, 3.8) is 0 Å². The maximum absolute atomic E-state index is 10.6. The highest BCUT2D eigenvalue weighted by atomic mass is 16.4. The fourth-order valence-electron chi connectivity index (χ4n) is 1.25. The minimum absolute atomic E-state index is 0.372. The standard InChI is InChI=1S/C12H14O2/c1-9(8-10(2)12(13)14)11-6-4-3-5-7-11/h3-7,10H,1,8H2,2H3,(H,13,14). The number of carboxylic acid groups (broad SMARTS) is 1. The first kappa shape index (κ1) is 10.5. The summed E-state index contributed by atoms with van der Waals surface area (Å²) in [6.07, 6.45) is 0.499. The van der Waals surface area contributed by atoms with Gasteiger partial charge in [-0.1, -0.05) is 43.8 Å². The molecule has 0 amide bonds. The summed E-state index contributed by atoms with van der Waals surface area (Å²) in [4.78, 5) is 10.6. The quantitative estimate of drug-likeness (QED) is 0.792. The van der Waals surface area contributed by atoms with Gasteiger partial charge in [-0.25, -0.2) is 0 Å². The van der Waals surface area contributed by atoms with Crippen molar-refractivity contribution in [2.75, 3.05) is 0 Å². The smallest absolute Gasteiger partial charge is 0.306 e. The Morgan fingerprint density at radius 2 is 2.00 bits per heavy atom. The molecule has 74 valence electrons. The summed E-state index contributed by atoms with van der Waals surface area (Å²) in [5.41, 5.74) is 1.89. The molecule has 2 nitrogen and oxygen atoms in total. The molecule has 2 heteroatoms. The Morgan fingerprint density at radius 3 is 2.50 bits per heavy atom. The highest BCUT2D eigenvalue weighted by Gasteiger charge is 2.12. The number of hydrogen-bond donors (Lipinski definition) is 1. The van der Waals surface area contributed by atoms with E-state index in [4.69, 9.17) is 5.11 Å². The van der Waals surface area contributed by atoms with E-state index in [1.807, 2.05) is 30.3 Å². The van der Waals surface area contributed by atoms with Crippen molar-refractivity contribution in [2.45, 2.75) is 13.3 Å². The molecule has 0 aliphatic carbocycles. The van der Waals surface area contributed by atoms with Gasteiger partial charge in [0.25, 0.3) is 0 Å². The SMILES string of the molecule is C=C(CC(C)C(=O)O)c1ccccc1. The molecule has 1 aromatic rings. The summed E-state index contributed by atoms with van der Waals surface area (Å²) in [7, 11) is 0. The van der Waals surface area contributed by atoms with Crippen molar-refractivity contribution in [3.8, 4) is 0 Å². The number of benzene rings is 1. The van der Waals surface area contributed by atoms with Gasteiger partial charge in [-0.2, -0.15) is 0 Å². The van der Waals surface area contributed by atoms with Crippen LogP contribution in [-0.2, 0) is 4.79 Å². The third-order valence-corrected chi connectivity index (χ3v) is 2.16. The van der Waals surface area contributed by atoms with Gasteiger partial charge in [-0.05, 0) is 17.6 Å². The van der Waals surface area contributed by atoms with Crippen molar-refractivity contribution in [1.82, 2.24) is 0 Å². The number of hydrogen-bond acceptors (Lipinski definition) is 1. The second-order valence-electron chi connectivity index (χ2n) is 3.41. The molecule has 0 spiro atoms. The van der Waals surface area contributed by atoms with Gasteiger partial charge >= 0.3 is 5.97 Å². The van der Waals surface area contributed by atoms with E-state index >= 15 is 0 Å². The summed E-state index contributed by atoms with van der Waals surface area (Å²) >= 11 is 0. The minimum Gasteiger partial charge on any atom is -0.481 e.